The van der Waals surface area contributed by atoms with Gasteiger partial charge in [0.25, 0.3) is 0 Å². The Hall–Kier alpha value is -7.27. The smallest absolute Gasteiger partial charge is 0.164 e. The molecule has 0 unspecified atom stereocenters. The fourth-order valence-electron chi connectivity index (χ4n) is 8.07. The van der Waals surface area contributed by atoms with Crippen molar-refractivity contribution in [2.75, 3.05) is 0 Å². The quantitative estimate of drug-likeness (QED) is 0.170. The molecule has 4 heteroatoms. The van der Waals surface area contributed by atoms with Crippen molar-refractivity contribution in [2.24, 2.45) is 0 Å². The van der Waals surface area contributed by atoms with Crippen molar-refractivity contribution in [3.05, 3.63) is 200 Å². The van der Waals surface area contributed by atoms with Gasteiger partial charge in [0.05, 0.1) is 0 Å². The Morgan fingerprint density at radius 1 is 0.263 bits per heavy atom. The first kappa shape index (κ1) is 33.1. The summed E-state index contributed by atoms with van der Waals surface area (Å²) in [5.41, 5.74) is 9.91. The van der Waals surface area contributed by atoms with E-state index in [0.29, 0.717) is 17.5 Å². The fourth-order valence-corrected chi connectivity index (χ4v) is 9.22. The average Bonchev–Trinajstić information content (AvgIpc) is 3.67. The molecule has 266 valence electrons. The molecule has 3 nitrogen and oxygen atoms in total. The molecule has 0 aliphatic rings. The molecule has 0 saturated heterocycles. The van der Waals surface area contributed by atoms with Crippen LogP contribution in [0.5, 0.6) is 0 Å². The third kappa shape index (κ3) is 6.04. The van der Waals surface area contributed by atoms with E-state index in [1.807, 2.05) is 0 Å². The summed E-state index contributed by atoms with van der Waals surface area (Å²) >= 11 is 1.80. The number of hydrogen-bond acceptors (Lipinski definition) is 4. The minimum atomic E-state index is 0.636. The maximum absolute atomic E-state index is 5.22. The second kappa shape index (κ2) is 13.8. The van der Waals surface area contributed by atoms with Crippen LogP contribution >= 0.6 is 11.3 Å². The first-order valence-corrected chi connectivity index (χ1v) is 20.0. The van der Waals surface area contributed by atoms with Crippen LogP contribution < -0.4 is 0 Å². The van der Waals surface area contributed by atoms with Crippen molar-refractivity contribution >= 4 is 53.1 Å². The minimum absolute atomic E-state index is 0.636. The molecular weight excluding hydrogens is 711 g/mol. The van der Waals surface area contributed by atoms with Crippen molar-refractivity contribution in [1.82, 2.24) is 15.0 Å². The molecule has 0 bridgehead atoms. The summed E-state index contributed by atoms with van der Waals surface area (Å²) in [5, 5.41) is 7.25. The average molecular weight is 744 g/mol. The normalized spacial score (nSPS) is 11.5. The summed E-state index contributed by atoms with van der Waals surface area (Å²) in [4.78, 5) is 15.6. The van der Waals surface area contributed by atoms with Gasteiger partial charge < -0.3 is 0 Å². The number of nitrogens with zero attached hydrogens (tertiary/aromatic N) is 3. The number of thiophene rings is 1. The van der Waals surface area contributed by atoms with Gasteiger partial charge in [-0.1, -0.05) is 170 Å². The second-order valence-corrected chi connectivity index (χ2v) is 15.5. The predicted octanol–water partition coefficient (Wildman–Crippen LogP) is 14.5. The monoisotopic (exact) mass is 743 g/mol. The summed E-state index contributed by atoms with van der Waals surface area (Å²) in [6, 6.07) is 71.2. The molecule has 0 atom stereocenters. The summed E-state index contributed by atoms with van der Waals surface area (Å²) in [5.74, 6) is 1.92. The highest BCUT2D eigenvalue weighted by atomic mass is 32.1. The third-order valence-corrected chi connectivity index (χ3v) is 12.1. The van der Waals surface area contributed by atoms with Crippen molar-refractivity contribution in [3.63, 3.8) is 0 Å². The molecule has 0 N–H and O–H groups in total. The van der Waals surface area contributed by atoms with Gasteiger partial charge in [-0.2, -0.15) is 0 Å². The minimum Gasteiger partial charge on any atom is -0.208 e. The van der Waals surface area contributed by atoms with Crippen molar-refractivity contribution in [3.8, 4) is 67.5 Å². The van der Waals surface area contributed by atoms with E-state index in [9.17, 15) is 0 Å². The first-order valence-electron chi connectivity index (χ1n) is 19.2. The highest BCUT2D eigenvalue weighted by Gasteiger charge is 2.16. The molecular formula is C53H33N3S. The van der Waals surface area contributed by atoms with Crippen LogP contribution in [0.2, 0.25) is 0 Å². The van der Waals surface area contributed by atoms with E-state index in [4.69, 9.17) is 15.0 Å². The van der Waals surface area contributed by atoms with E-state index in [-0.39, 0.29) is 0 Å². The summed E-state index contributed by atoms with van der Waals surface area (Å²) in [6.45, 7) is 0. The van der Waals surface area contributed by atoms with Crippen LogP contribution in [0.3, 0.4) is 0 Å². The zero-order valence-electron chi connectivity index (χ0n) is 30.8. The van der Waals surface area contributed by atoms with Crippen LogP contribution in [0, 0.1) is 0 Å². The molecule has 11 rings (SSSR count). The zero-order chi connectivity index (χ0) is 37.7. The zero-order valence-corrected chi connectivity index (χ0v) is 31.6. The Bertz CT molecular complexity index is 3300. The van der Waals surface area contributed by atoms with Crippen LogP contribution in [-0.2, 0) is 0 Å². The van der Waals surface area contributed by atoms with Crippen LogP contribution in [-0.4, -0.2) is 15.0 Å². The van der Waals surface area contributed by atoms with E-state index in [1.165, 1.54) is 64.1 Å². The van der Waals surface area contributed by atoms with E-state index in [2.05, 4.69) is 200 Å². The lowest BCUT2D eigenvalue weighted by Crippen LogP contribution is -2.00. The standard InChI is InChI=1S/C53H33N3S/c1-3-12-34(13-4-1)37-24-22-35-23-25-40(32-42(35)30-37)52-54-51(55-53(56-52)41-26-27-48-47-20-9-10-21-49(47)57-50(48)33-41)39-17-11-16-38(31-39)44-29-28-43(36-14-5-2-6-15-36)45-18-7-8-19-46(44)45/h1-33H. The highest BCUT2D eigenvalue weighted by molar-refractivity contribution is 7.25. The molecule has 0 radical (unpaired) electrons. The van der Waals surface area contributed by atoms with Gasteiger partial charge in [0.2, 0.25) is 0 Å². The molecule has 0 saturated carbocycles. The highest BCUT2D eigenvalue weighted by Crippen LogP contribution is 2.39. The molecule has 0 spiro atoms. The Labute approximate surface area is 334 Å². The largest absolute Gasteiger partial charge is 0.208 e. The fraction of sp³-hybridized carbons (Fsp3) is 0. The van der Waals surface area contributed by atoms with Gasteiger partial charge in [0.1, 0.15) is 0 Å². The maximum Gasteiger partial charge on any atom is 0.164 e. The number of rotatable bonds is 6. The maximum atomic E-state index is 5.22. The Balaban J connectivity index is 1.07. The van der Waals surface area contributed by atoms with Gasteiger partial charge in [0.15, 0.2) is 17.5 Å². The molecule has 0 aliphatic heterocycles. The van der Waals surface area contributed by atoms with Gasteiger partial charge in [-0.3, -0.25) is 0 Å². The van der Waals surface area contributed by atoms with Gasteiger partial charge in [0, 0.05) is 36.9 Å². The number of aromatic nitrogens is 3. The Kier molecular flexibility index (Phi) is 8.01. The van der Waals surface area contributed by atoms with Crippen molar-refractivity contribution < 1.29 is 0 Å². The number of benzene rings is 9. The molecule has 9 aromatic carbocycles. The van der Waals surface area contributed by atoms with Crippen LogP contribution in [0.25, 0.3) is 109 Å². The second-order valence-electron chi connectivity index (χ2n) is 14.4. The number of hydrogen-bond donors (Lipinski definition) is 0. The van der Waals surface area contributed by atoms with Crippen LogP contribution in [0.15, 0.2) is 200 Å². The molecule has 0 amide bonds. The molecule has 0 fully saturated rings. The Morgan fingerprint density at radius 3 is 1.47 bits per heavy atom. The van der Waals surface area contributed by atoms with Gasteiger partial charge in [-0.25, -0.2) is 15.0 Å². The lowest BCUT2D eigenvalue weighted by Gasteiger charge is -2.13. The SMILES string of the molecule is c1ccc(-c2ccc3ccc(-c4nc(-c5cccc(-c6ccc(-c7ccccc7)c7ccccc67)c5)nc(-c5ccc6c(c5)sc5ccccc56)n4)cc3c2)cc1. The third-order valence-electron chi connectivity index (χ3n) is 10.9. The van der Waals surface area contributed by atoms with E-state index < -0.39 is 0 Å². The number of fused-ring (bicyclic) bond motifs is 5. The molecule has 57 heavy (non-hydrogen) atoms. The predicted molar refractivity (Wildman–Crippen MR) is 240 cm³/mol. The molecule has 2 aromatic heterocycles. The van der Waals surface area contributed by atoms with Gasteiger partial charge in [-0.05, 0) is 85.3 Å². The van der Waals surface area contributed by atoms with E-state index in [1.54, 1.807) is 11.3 Å². The lowest BCUT2D eigenvalue weighted by molar-refractivity contribution is 1.08. The van der Waals surface area contributed by atoms with Crippen LogP contribution in [0.1, 0.15) is 0 Å². The van der Waals surface area contributed by atoms with Gasteiger partial charge in [-0.15, -0.1) is 11.3 Å². The first-order chi connectivity index (χ1) is 28.2. The summed E-state index contributed by atoms with van der Waals surface area (Å²) in [6.07, 6.45) is 0. The van der Waals surface area contributed by atoms with E-state index in [0.717, 1.165) is 27.6 Å². The van der Waals surface area contributed by atoms with E-state index >= 15 is 0 Å². The summed E-state index contributed by atoms with van der Waals surface area (Å²) in [7, 11) is 0. The molecule has 0 aliphatic carbocycles. The Morgan fingerprint density at radius 2 is 0.754 bits per heavy atom. The lowest BCUT2D eigenvalue weighted by atomic mass is 9.91. The topological polar surface area (TPSA) is 38.7 Å². The van der Waals surface area contributed by atoms with Gasteiger partial charge >= 0.3 is 0 Å². The molecule has 11 aromatic rings. The van der Waals surface area contributed by atoms with Crippen LogP contribution in [0.4, 0.5) is 0 Å². The van der Waals surface area contributed by atoms with Crippen molar-refractivity contribution in [2.45, 2.75) is 0 Å². The van der Waals surface area contributed by atoms with Crippen molar-refractivity contribution in [1.29, 1.82) is 0 Å². The molecule has 2 heterocycles. The summed E-state index contributed by atoms with van der Waals surface area (Å²) < 4.78 is 2.48.